The van der Waals surface area contributed by atoms with Crippen LogP contribution < -0.4 is 0 Å². The highest BCUT2D eigenvalue weighted by atomic mass is 32.2. The van der Waals surface area contributed by atoms with E-state index in [1.807, 2.05) is 6.07 Å². The van der Waals surface area contributed by atoms with Crippen molar-refractivity contribution in [2.75, 3.05) is 32.4 Å². The van der Waals surface area contributed by atoms with Gasteiger partial charge in [0.05, 0.1) is 15.8 Å². The number of carbonyl (C=O) groups is 1. The van der Waals surface area contributed by atoms with Gasteiger partial charge in [-0.05, 0) is 19.9 Å². The molecule has 0 unspecified atom stereocenters. The first-order valence-corrected chi connectivity index (χ1v) is 10.3. The first kappa shape index (κ1) is 16.5. The summed E-state index contributed by atoms with van der Waals surface area (Å²) in [6.45, 7) is 5.87. The minimum atomic E-state index is -3.17. The number of aromatic nitrogens is 1. The molecule has 126 valence electrons. The molecule has 0 N–H and O–H groups in total. The lowest BCUT2D eigenvalue weighted by Gasteiger charge is -2.32. The predicted octanol–water partition coefficient (Wildman–Crippen LogP) is 2.00. The molecule has 0 spiro atoms. The zero-order valence-corrected chi connectivity index (χ0v) is 15.2. The zero-order valence-electron chi connectivity index (χ0n) is 13.5. The third-order valence-electron chi connectivity index (χ3n) is 4.15. The molecule has 8 heteroatoms. The van der Waals surface area contributed by atoms with Crippen LogP contribution in [0.5, 0.6) is 0 Å². The van der Waals surface area contributed by atoms with Gasteiger partial charge in [0.2, 0.25) is 10.0 Å². The maximum atomic E-state index is 12.6. The predicted molar refractivity (Wildman–Crippen MR) is 92.5 cm³/mol. The van der Waals surface area contributed by atoms with E-state index in [0.717, 1.165) is 15.0 Å². The second-order valence-electron chi connectivity index (χ2n) is 6.18. The van der Waals surface area contributed by atoms with Crippen LogP contribution in [0.1, 0.15) is 29.6 Å². The van der Waals surface area contributed by atoms with E-state index >= 15 is 0 Å². The van der Waals surface area contributed by atoms with Crippen molar-refractivity contribution in [1.82, 2.24) is 13.8 Å². The standard InChI is InChI=1S/C15H21N3O3S2/c1-11(2)17-9-12-8-13(22-14(12)10-17)15(19)16-4-6-18(7-5-16)23(3,20)21/h8-11H,4-7H2,1-3H3. The monoisotopic (exact) mass is 355 g/mol. The van der Waals surface area contributed by atoms with Crippen molar-refractivity contribution < 1.29 is 13.2 Å². The summed E-state index contributed by atoms with van der Waals surface area (Å²) in [7, 11) is -3.17. The number of amides is 1. The van der Waals surface area contributed by atoms with Gasteiger partial charge in [0, 0.05) is 50.0 Å². The Bertz CT molecular complexity index is 796. The summed E-state index contributed by atoms with van der Waals surface area (Å²) in [6, 6.07) is 2.34. The van der Waals surface area contributed by atoms with E-state index in [2.05, 4.69) is 30.8 Å². The summed E-state index contributed by atoms with van der Waals surface area (Å²) in [5.74, 6) is -0.00421. The van der Waals surface area contributed by atoms with Crippen molar-refractivity contribution in [3.8, 4) is 0 Å². The average molecular weight is 355 g/mol. The zero-order chi connectivity index (χ0) is 16.8. The molecule has 0 atom stereocenters. The van der Waals surface area contributed by atoms with Gasteiger partial charge in [0.15, 0.2) is 0 Å². The number of piperazine rings is 1. The molecule has 0 aromatic carbocycles. The van der Waals surface area contributed by atoms with Gasteiger partial charge >= 0.3 is 0 Å². The Kier molecular flexibility index (Phi) is 4.24. The van der Waals surface area contributed by atoms with Gasteiger partial charge in [-0.1, -0.05) is 0 Å². The molecular formula is C15H21N3O3S2. The second-order valence-corrected chi connectivity index (χ2v) is 9.25. The summed E-state index contributed by atoms with van der Waals surface area (Å²) >= 11 is 1.50. The van der Waals surface area contributed by atoms with Crippen LogP contribution in [-0.2, 0) is 10.0 Å². The fourth-order valence-electron chi connectivity index (χ4n) is 2.74. The number of hydrogen-bond acceptors (Lipinski definition) is 4. The molecule has 0 bridgehead atoms. The van der Waals surface area contributed by atoms with Crippen molar-refractivity contribution in [1.29, 1.82) is 0 Å². The molecule has 0 radical (unpaired) electrons. The topological polar surface area (TPSA) is 62.6 Å². The number of carbonyl (C=O) groups excluding carboxylic acids is 1. The molecule has 3 heterocycles. The number of hydrogen-bond donors (Lipinski definition) is 0. The van der Waals surface area contributed by atoms with Crippen LogP contribution in [-0.4, -0.2) is 60.5 Å². The summed E-state index contributed by atoms with van der Waals surface area (Å²) in [4.78, 5) is 15.1. The molecule has 3 rings (SSSR count). The van der Waals surface area contributed by atoms with E-state index in [0.29, 0.717) is 32.2 Å². The van der Waals surface area contributed by atoms with E-state index in [4.69, 9.17) is 0 Å². The lowest BCUT2D eigenvalue weighted by atomic mass is 10.3. The lowest BCUT2D eigenvalue weighted by Crippen LogP contribution is -2.50. The molecule has 2 aromatic heterocycles. The van der Waals surface area contributed by atoms with Crippen molar-refractivity contribution in [3.05, 3.63) is 23.3 Å². The largest absolute Gasteiger partial charge is 0.350 e. The van der Waals surface area contributed by atoms with E-state index in [1.54, 1.807) is 4.90 Å². The van der Waals surface area contributed by atoms with Gasteiger partial charge in [0.25, 0.3) is 5.91 Å². The molecule has 1 aliphatic rings. The second kappa shape index (κ2) is 5.92. The van der Waals surface area contributed by atoms with E-state index in [9.17, 15) is 13.2 Å². The number of thiophene rings is 1. The molecule has 0 aliphatic carbocycles. The molecule has 2 aromatic rings. The highest BCUT2D eigenvalue weighted by Gasteiger charge is 2.27. The van der Waals surface area contributed by atoms with Gasteiger partial charge < -0.3 is 9.47 Å². The maximum absolute atomic E-state index is 12.6. The first-order valence-electron chi connectivity index (χ1n) is 7.61. The van der Waals surface area contributed by atoms with Crippen LogP contribution in [0.2, 0.25) is 0 Å². The Morgan fingerprint density at radius 1 is 1.17 bits per heavy atom. The highest BCUT2D eigenvalue weighted by molar-refractivity contribution is 7.88. The molecule has 0 saturated carbocycles. The number of sulfonamides is 1. The number of nitrogens with zero attached hydrogens (tertiary/aromatic N) is 3. The Labute approximate surface area is 140 Å². The van der Waals surface area contributed by atoms with Gasteiger partial charge in [-0.15, -0.1) is 11.3 Å². The molecule has 23 heavy (non-hydrogen) atoms. The number of fused-ring (bicyclic) bond motifs is 1. The highest BCUT2D eigenvalue weighted by Crippen LogP contribution is 2.29. The van der Waals surface area contributed by atoms with Gasteiger partial charge in [-0.2, -0.15) is 4.31 Å². The summed E-state index contributed by atoms with van der Waals surface area (Å²) < 4.78 is 27.7. The van der Waals surface area contributed by atoms with Crippen LogP contribution in [0, 0.1) is 0 Å². The molecular weight excluding hydrogens is 334 g/mol. The summed E-state index contributed by atoms with van der Waals surface area (Å²) in [6.07, 6.45) is 5.35. The van der Waals surface area contributed by atoms with E-state index in [1.165, 1.54) is 21.9 Å². The lowest BCUT2D eigenvalue weighted by molar-refractivity contribution is 0.0703. The third-order valence-corrected chi connectivity index (χ3v) is 6.52. The molecule has 6 nitrogen and oxygen atoms in total. The first-order chi connectivity index (χ1) is 10.8. The third kappa shape index (κ3) is 3.29. The number of rotatable bonds is 3. The smallest absolute Gasteiger partial charge is 0.264 e. The summed E-state index contributed by atoms with van der Waals surface area (Å²) in [5.41, 5.74) is 0. The van der Waals surface area contributed by atoms with Crippen LogP contribution in [0.15, 0.2) is 18.5 Å². The Morgan fingerprint density at radius 2 is 1.83 bits per heavy atom. The summed E-state index contributed by atoms with van der Waals surface area (Å²) in [5, 5.41) is 1.09. The fourth-order valence-corrected chi connectivity index (χ4v) is 4.61. The normalized spacial score (nSPS) is 17.3. The van der Waals surface area contributed by atoms with E-state index in [-0.39, 0.29) is 5.91 Å². The Hall–Kier alpha value is -1.38. The van der Waals surface area contributed by atoms with Gasteiger partial charge in [-0.25, -0.2) is 8.42 Å². The van der Waals surface area contributed by atoms with Crippen LogP contribution in [0.25, 0.3) is 10.1 Å². The SMILES string of the molecule is CC(C)n1cc2cc(C(=O)N3CCN(S(C)(=O)=O)CC3)sc2c1. The molecule has 1 saturated heterocycles. The van der Waals surface area contributed by atoms with Gasteiger partial charge in [0.1, 0.15) is 0 Å². The Morgan fingerprint density at radius 3 is 2.35 bits per heavy atom. The van der Waals surface area contributed by atoms with Crippen LogP contribution in [0.3, 0.4) is 0 Å². The van der Waals surface area contributed by atoms with Crippen LogP contribution >= 0.6 is 11.3 Å². The quantitative estimate of drug-likeness (QED) is 0.846. The van der Waals surface area contributed by atoms with Crippen molar-refractivity contribution >= 4 is 37.4 Å². The molecule has 1 fully saturated rings. The van der Waals surface area contributed by atoms with Crippen molar-refractivity contribution in [3.63, 3.8) is 0 Å². The molecule has 1 amide bonds. The minimum Gasteiger partial charge on any atom is -0.350 e. The van der Waals surface area contributed by atoms with Gasteiger partial charge in [-0.3, -0.25) is 4.79 Å². The average Bonchev–Trinajstić information content (AvgIpc) is 3.04. The fraction of sp³-hybridized carbons (Fsp3) is 0.533. The van der Waals surface area contributed by atoms with Crippen LogP contribution in [0.4, 0.5) is 0 Å². The Balaban J connectivity index is 1.72. The minimum absolute atomic E-state index is 0.00421. The van der Waals surface area contributed by atoms with Crippen molar-refractivity contribution in [2.24, 2.45) is 0 Å². The van der Waals surface area contributed by atoms with E-state index < -0.39 is 10.0 Å². The van der Waals surface area contributed by atoms with Crippen molar-refractivity contribution in [2.45, 2.75) is 19.9 Å². The molecule has 1 aliphatic heterocycles. The maximum Gasteiger partial charge on any atom is 0.264 e.